The molecule has 1 fully saturated rings. The van der Waals surface area contributed by atoms with Gasteiger partial charge in [0.1, 0.15) is 5.82 Å². The Morgan fingerprint density at radius 2 is 1.89 bits per heavy atom. The van der Waals surface area contributed by atoms with Crippen molar-refractivity contribution in [3.05, 3.63) is 59.0 Å². The van der Waals surface area contributed by atoms with Gasteiger partial charge in [0.05, 0.1) is 28.3 Å². The Kier molecular flexibility index (Phi) is 5.25. The zero-order chi connectivity index (χ0) is 19.5. The number of nitrogens with one attached hydrogen (secondary N) is 1. The van der Waals surface area contributed by atoms with Crippen molar-refractivity contribution in [2.24, 2.45) is 0 Å². The standard InChI is InChI=1S/C20H21ClN6O/c1-14-19(24-25-27(14)17-8-4-3-7-16(17)21)20(28)23-18-10-9-15(13-22-18)26-11-5-2-6-12-26/h3-4,7-10,13H,2,5-6,11-12H2,1H3,(H,22,23,28). The molecule has 2 aromatic heterocycles. The van der Waals surface area contributed by atoms with Crippen LogP contribution in [0.25, 0.3) is 5.69 Å². The second kappa shape index (κ2) is 7.98. The second-order valence-electron chi connectivity index (χ2n) is 6.79. The zero-order valence-electron chi connectivity index (χ0n) is 15.6. The summed E-state index contributed by atoms with van der Waals surface area (Å²) in [6.07, 6.45) is 5.50. The highest BCUT2D eigenvalue weighted by Crippen LogP contribution is 2.22. The summed E-state index contributed by atoms with van der Waals surface area (Å²) in [5.41, 5.74) is 2.60. The molecule has 1 aliphatic heterocycles. The van der Waals surface area contributed by atoms with Gasteiger partial charge in [0.25, 0.3) is 5.91 Å². The normalized spacial score (nSPS) is 14.1. The maximum absolute atomic E-state index is 12.6. The molecular formula is C20H21ClN6O. The highest BCUT2D eigenvalue weighted by atomic mass is 35.5. The average molecular weight is 397 g/mol. The molecule has 144 valence electrons. The fourth-order valence-corrected chi connectivity index (χ4v) is 3.58. The number of hydrogen-bond acceptors (Lipinski definition) is 5. The fraction of sp³-hybridized carbons (Fsp3) is 0.300. The highest BCUT2D eigenvalue weighted by Gasteiger charge is 2.19. The maximum Gasteiger partial charge on any atom is 0.279 e. The molecule has 3 aromatic rings. The minimum absolute atomic E-state index is 0.238. The van der Waals surface area contributed by atoms with Gasteiger partial charge in [-0.1, -0.05) is 28.9 Å². The van der Waals surface area contributed by atoms with Gasteiger partial charge in [-0.2, -0.15) is 0 Å². The third-order valence-corrected chi connectivity index (χ3v) is 5.22. The van der Waals surface area contributed by atoms with Crippen LogP contribution in [0.1, 0.15) is 35.4 Å². The molecule has 3 heterocycles. The second-order valence-corrected chi connectivity index (χ2v) is 7.20. The number of carbonyl (C=O) groups excluding carboxylic acids is 1. The quantitative estimate of drug-likeness (QED) is 0.724. The monoisotopic (exact) mass is 396 g/mol. The number of para-hydroxylation sites is 1. The zero-order valence-corrected chi connectivity index (χ0v) is 16.4. The van der Waals surface area contributed by atoms with Crippen LogP contribution in [0.5, 0.6) is 0 Å². The van der Waals surface area contributed by atoms with E-state index in [0.717, 1.165) is 18.8 Å². The number of carbonyl (C=O) groups is 1. The maximum atomic E-state index is 12.6. The number of nitrogens with zero attached hydrogens (tertiary/aromatic N) is 5. The number of rotatable bonds is 4. The van der Waals surface area contributed by atoms with Crippen LogP contribution in [0.15, 0.2) is 42.6 Å². The predicted octanol–water partition coefficient (Wildman–Crippen LogP) is 3.87. The number of hydrogen-bond donors (Lipinski definition) is 1. The lowest BCUT2D eigenvalue weighted by Crippen LogP contribution is -2.29. The number of anilines is 2. The summed E-state index contributed by atoms with van der Waals surface area (Å²) in [6.45, 7) is 3.89. The van der Waals surface area contributed by atoms with Crippen LogP contribution in [0.4, 0.5) is 11.5 Å². The minimum Gasteiger partial charge on any atom is -0.370 e. The Balaban J connectivity index is 1.49. The van der Waals surface area contributed by atoms with Crippen LogP contribution in [-0.2, 0) is 0 Å². The third kappa shape index (κ3) is 3.71. The van der Waals surface area contributed by atoms with E-state index in [1.165, 1.54) is 19.3 Å². The van der Waals surface area contributed by atoms with E-state index in [4.69, 9.17) is 11.6 Å². The summed E-state index contributed by atoms with van der Waals surface area (Å²) < 4.78 is 1.56. The van der Waals surface area contributed by atoms with Crippen LogP contribution in [-0.4, -0.2) is 39.0 Å². The first-order valence-electron chi connectivity index (χ1n) is 9.33. The molecule has 0 spiro atoms. The molecule has 1 amide bonds. The molecule has 7 nitrogen and oxygen atoms in total. The van der Waals surface area contributed by atoms with E-state index >= 15 is 0 Å². The number of aromatic nitrogens is 4. The van der Waals surface area contributed by atoms with Crippen molar-refractivity contribution in [3.63, 3.8) is 0 Å². The van der Waals surface area contributed by atoms with Crippen LogP contribution >= 0.6 is 11.6 Å². The molecule has 0 saturated carbocycles. The Hall–Kier alpha value is -2.93. The molecule has 1 aliphatic rings. The highest BCUT2D eigenvalue weighted by molar-refractivity contribution is 6.32. The lowest BCUT2D eigenvalue weighted by molar-refractivity contribution is 0.102. The topological polar surface area (TPSA) is 75.9 Å². The van der Waals surface area contributed by atoms with Crippen molar-refractivity contribution < 1.29 is 4.79 Å². The molecule has 1 saturated heterocycles. The van der Waals surface area contributed by atoms with Gasteiger partial charge in [-0.3, -0.25) is 4.79 Å². The molecule has 0 aliphatic carbocycles. The first kappa shape index (κ1) is 18.4. The molecule has 1 N–H and O–H groups in total. The summed E-state index contributed by atoms with van der Waals surface area (Å²) in [7, 11) is 0. The fourth-order valence-electron chi connectivity index (χ4n) is 3.37. The minimum atomic E-state index is -0.353. The van der Waals surface area contributed by atoms with Crippen molar-refractivity contribution in [2.45, 2.75) is 26.2 Å². The molecule has 1 aromatic carbocycles. The van der Waals surface area contributed by atoms with Crippen molar-refractivity contribution >= 4 is 29.0 Å². The summed E-state index contributed by atoms with van der Waals surface area (Å²) >= 11 is 6.23. The van der Waals surface area contributed by atoms with Gasteiger partial charge >= 0.3 is 0 Å². The molecule has 0 bridgehead atoms. The Labute approximate surface area is 168 Å². The number of piperidine rings is 1. The van der Waals surface area contributed by atoms with E-state index in [2.05, 4.69) is 25.5 Å². The molecule has 0 atom stereocenters. The van der Waals surface area contributed by atoms with Crippen LogP contribution < -0.4 is 10.2 Å². The SMILES string of the molecule is Cc1c(C(=O)Nc2ccc(N3CCCCC3)cn2)nnn1-c1ccccc1Cl. The van der Waals surface area contributed by atoms with Crippen molar-refractivity contribution in [2.75, 3.05) is 23.3 Å². The smallest absolute Gasteiger partial charge is 0.279 e. The Bertz CT molecular complexity index is 979. The summed E-state index contributed by atoms with van der Waals surface area (Å²) in [5.74, 6) is 0.131. The van der Waals surface area contributed by atoms with E-state index in [1.54, 1.807) is 23.9 Å². The van der Waals surface area contributed by atoms with Crippen molar-refractivity contribution in [1.29, 1.82) is 0 Å². The van der Waals surface area contributed by atoms with E-state index < -0.39 is 0 Å². The largest absolute Gasteiger partial charge is 0.370 e. The predicted molar refractivity (Wildman–Crippen MR) is 109 cm³/mol. The van der Waals surface area contributed by atoms with E-state index in [9.17, 15) is 4.79 Å². The van der Waals surface area contributed by atoms with Gasteiger partial charge in [-0.25, -0.2) is 9.67 Å². The summed E-state index contributed by atoms with van der Waals surface area (Å²) in [5, 5.41) is 11.4. The van der Waals surface area contributed by atoms with Gasteiger partial charge in [0, 0.05) is 13.1 Å². The van der Waals surface area contributed by atoms with Crippen LogP contribution in [0.2, 0.25) is 5.02 Å². The number of halogens is 1. The first-order chi connectivity index (χ1) is 13.6. The van der Waals surface area contributed by atoms with Gasteiger partial charge in [0.15, 0.2) is 5.69 Å². The van der Waals surface area contributed by atoms with Gasteiger partial charge in [-0.15, -0.1) is 5.10 Å². The lowest BCUT2D eigenvalue weighted by atomic mass is 10.1. The van der Waals surface area contributed by atoms with Crippen molar-refractivity contribution in [3.8, 4) is 5.69 Å². The molecule has 8 heteroatoms. The van der Waals surface area contributed by atoms with Crippen LogP contribution in [0.3, 0.4) is 0 Å². The third-order valence-electron chi connectivity index (χ3n) is 4.90. The number of amides is 1. The molecule has 0 radical (unpaired) electrons. The lowest BCUT2D eigenvalue weighted by Gasteiger charge is -2.28. The van der Waals surface area contributed by atoms with E-state index in [0.29, 0.717) is 22.2 Å². The molecule has 0 unspecified atom stereocenters. The molecule has 28 heavy (non-hydrogen) atoms. The van der Waals surface area contributed by atoms with Gasteiger partial charge < -0.3 is 10.2 Å². The Morgan fingerprint density at radius 3 is 2.61 bits per heavy atom. The molecule has 4 rings (SSSR count). The van der Waals surface area contributed by atoms with E-state index in [1.807, 2.05) is 30.3 Å². The van der Waals surface area contributed by atoms with Gasteiger partial charge in [0.2, 0.25) is 0 Å². The van der Waals surface area contributed by atoms with Crippen molar-refractivity contribution in [1.82, 2.24) is 20.0 Å². The Morgan fingerprint density at radius 1 is 1.11 bits per heavy atom. The number of benzene rings is 1. The first-order valence-corrected chi connectivity index (χ1v) is 9.71. The van der Waals surface area contributed by atoms with Crippen LogP contribution in [0, 0.1) is 6.92 Å². The average Bonchev–Trinajstić information content (AvgIpc) is 3.11. The molecular weight excluding hydrogens is 376 g/mol. The summed E-state index contributed by atoms with van der Waals surface area (Å²) in [4.78, 5) is 19.3. The van der Waals surface area contributed by atoms with Gasteiger partial charge in [-0.05, 0) is 50.5 Å². The number of pyridine rings is 1. The van der Waals surface area contributed by atoms with E-state index in [-0.39, 0.29) is 11.6 Å². The summed E-state index contributed by atoms with van der Waals surface area (Å²) in [6, 6.07) is 11.1.